The van der Waals surface area contributed by atoms with E-state index in [1.54, 1.807) is 48.5 Å². The van der Waals surface area contributed by atoms with Crippen molar-refractivity contribution >= 4 is 24.3 Å². The maximum absolute atomic E-state index is 14.3. The highest BCUT2D eigenvalue weighted by molar-refractivity contribution is 5.80. The summed E-state index contributed by atoms with van der Waals surface area (Å²) in [5.41, 5.74) is 0.736. The lowest BCUT2D eigenvalue weighted by molar-refractivity contribution is 0.407. The first-order valence-corrected chi connectivity index (χ1v) is 7.90. The molecule has 0 aliphatic heterocycles. The molecule has 0 saturated carbocycles. The van der Waals surface area contributed by atoms with Gasteiger partial charge in [0.15, 0.2) is 23.3 Å². The second-order valence-corrected chi connectivity index (χ2v) is 5.57. The minimum absolute atomic E-state index is 0.350. The number of hydrogen-bond donors (Lipinski definition) is 0. The summed E-state index contributed by atoms with van der Waals surface area (Å²) in [7, 11) is 0. The summed E-state index contributed by atoms with van der Waals surface area (Å²) in [5, 5.41) is 0. The molecule has 0 bridgehead atoms. The molecule has 26 heavy (non-hydrogen) atoms. The molecular weight excluding hydrogens is 340 g/mol. The maximum Gasteiger partial charge on any atom is 0.198 e. The molecule has 130 valence electrons. The molecule has 0 unspecified atom stereocenters. The molecule has 4 heteroatoms. The molecule has 0 spiro atoms. The smallest absolute Gasteiger partial charge is 0.198 e. The van der Waals surface area contributed by atoms with Crippen molar-refractivity contribution in [2.75, 3.05) is 0 Å². The monoisotopic (exact) mass is 354 g/mol. The fraction of sp³-hybridized carbons (Fsp3) is 0. The Bertz CT molecular complexity index is 878. The predicted octanol–water partition coefficient (Wildman–Crippen LogP) is 6.58. The van der Waals surface area contributed by atoms with Gasteiger partial charge < -0.3 is 0 Å². The predicted molar refractivity (Wildman–Crippen MR) is 97.0 cm³/mol. The Morgan fingerprint density at radius 3 is 1.12 bits per heavy atom. The molecular formula is C22H14F4. The van der Waals surface area contributed by atoms with Crippen LogP contribution in [0.4, 0.5) is 17.6 Å². The highest BCUT2D eigenvalue weighted by Crippen LogP contribution is 2.27. The number of rotatable bonds is 4. The molecule has 3 aromatic carbocycles. The standard InChI is InChI=1S/C22H14F4/c23-19-17(13-11-15-7-3-1-4-8-15)18(20(24)22(26)21(19)25)14-12-16-9-5-2-6-10-16/h1-14H. The van der Waals surface area contributed by atoms with E-state index in [9.17, 15) is 17.6 Å². The second-order valence-electron chi connectivity index (χ2n) is 5.57. The number of halogens is 4. The quantitative estimate of drug-likeness (QED) is 0.215. The van der Waals surface area contributed by atoms with Gasteiger partial charge >= 0.3 is 0 Å². The number of hydrogen-bond acceptors (Lipinski definition) is 0. The summed E-state index contributed by atoms with van der Waals surface area (Å²) in [6.07, 6.45) is 5.49. The van der Waals surface area contributed by atoms with Crippen LogP contribution in [0.15, 0.2) is 60.7 Å². The van der Waals surface area contributed by atoms with Gasteiger partial charge in [-0.2, -0.15) is 0 Å². The first kappa shape index (κ1) is 17.7. The van der Waals surface area contributed by atoms with E-state index in [4.69, 9.17) is 0 Å². The molecule has 0 heterocycles. The van der Waals surface area contributed by atoms with Crippen LogP contribution in [-0.2, 0) is 0 Å². The molecule has 0 saturated heterocycles. The van der Waals surface area contributed by atoms with E-state index < -0.39 is 23.3 Å². The lowest BCUT2D eigenvalue weighted by Gasteiger charge is -2.08. The largest absolute Gasteiger partial charge is 0.203 e. The Morgan fingerprint density at radius 2 is 0.769 bits per heavy atom. The third kappa shape index (κ3) is 3.75. The van der Waals surface area contributed by atoms with E-state index in [2.05, 4.69) is 0 Å². The summed E-state index contributed by atoms with van der Waals surface area (Å²) < 4.78 is 55.9. The zero-order chi connectivity index (χ0) is 18.5. The van der Waals surface area contributed by atoms with E-state index >= 15 is 0 Å². The summed E-state index contributed by atoms with van der Waals surface area (Å²) in [6, 6.07) is 17.7. The minimum Gasteiger partial charge on any atom is -0.203 e. The third-order valence-electron chi connectivity index (χ3n) is 3.83. The Balaban J connectivity index is 2.10. The van der Waals surface area contributed by atoms with Crippen LogP contribution in [0.2, 0.25) is 0 Å². The summed E-state index contributed by atoms with van der Waals surface area (Å²) >= 11 is 0. The summed E-state index contributed by atoms with van der Waals surface area (Å²) in [6.45, 7) is 0. The van der Waals surface area contributed by atoms with Crippen molar-refractivity contribution in [2.45, 2.75) is 0 Å². The average molecular weight is 354 g/mol. The lowest BCUT2D eigenvalue weighted by atomic mass is 10.0. The van der Waals surface area contributed by atoms with E-state index in [1.807, 2.05) is 12.1 Å². The molecule has 0 aliphatic rings. The van der Waals surface area contributed by atoms with Crippen molar-refractivity contribution in [1.82, 2.24) is 0 Å². The fourth-order valence-corrected chi connectivity index (χ4v) is 2.48. The van der Waals surface area contributed by atoms with E-state index in [0.29, 0.717) is 0 Å². The van der Waals surface area contributed by atoms with Gasteiger partial charge in [0.2, 0.25) is 0 Å². The molecule has 3 aromatic rings. The van der Waals surface area contributed by atoms with Crippen LogP contribution in [0.3, 0.4) is 0 Å². The summed E-state index contributed by atoms with van der Waals surface area (Å²) in [5.74, 6) is -6.51. The SMILES string of the molecule is Fc1c(F)c(F)c(C=Cc2ccccc2)c(C=Cc2ccccc2)c1F. The van der Waals surface area contributed by atoms with Gasteiger partial charge in [0.25, 0.3) is 0 Å². The van der Waals surface area contributed by atoms with Gasteiger partial charge in [-0.25, -0.2) is 17.6 Å². The van der Waals surface area contributed by atoms with Crippen molar-refractivity contribution in [3.63, 3.8) is 0 Å². The lowest BCUT2D eigenvalue weighted by Crippen LogP contribution is -2.03. The van der Waals surface area contributed by atoms with Crippen LogP contribution in [0.1, 0.15) is 22.3 Å². The van der Waals surface area contributed by atoms with Gasteiger partial charge in [-0.05, 0) is 11.1 Å². The van der Waals surface area contributed by atoms with Crippen molar-refractivity contribution in [3.05, 3.63) is 106 Å². The zero-order valence-corrected chi connectivity index (χ0v) is 13.6. The van der Waals surface area contributed by atoms with Crippen LogP contribution in [-0.4, -0.2) is 0 Å². The van der Waals surface area contributed by atoms with Gasteiger partial charge in [0.05, 0.1) is 0 Å². The molecule has 0 fully saturated rings. The Labute approximate surface area is 148 Å². The molecule has 0 N–H and O–H groups in total. The first-order valence-electron chi connectivity index (χ1n) is 7.90. The summed E-state index contributed by atoms with van der Waals surface area (Å²) in [4.78, 5) is 0. The van der Waals surface area contributed by atoms with Gasteiger partial charge in [0, 0.05) is 11.1 Å². The molecule has 3 rings (SSSR count). The topological polar surface area (TPSA) is 0 Å². The fourth-order valence-electron chi connectivity index (χ4n) is 2.48. The third-order valence-corrected chi connectivity index (χ3v) is 3.83. The molecule has 0 aromatic heterocycles. The van der Waals surface area contributed by atoms with Crippen LogP contribution in [0, 0.1) is 23.3 Å². The highest BCUT2D eigenvalue weighted by atomic mass is 19.2. The highest BCUT2D eigenvalue weighted by Gasteiger charge is 2.22. The number of benzene rings is 3. The minimum atomic E-state index is -1.83. The van der Waals surface area contributed by atoms with Crippen LogP contribution >= 0.6 is 0 Å². The van der Waals surface area contributed by atoms with Crippen LogP contribution in [0.5, 0.6) is 0 Å². The van der Waals surface area contributed by atoms with Crippen molar-refractivity contribution in [1.29, 1.82) is 0 Å². The average Bonchev–Trinajstić information content (AvgIpc) is 2.69. The zero-order valence-electron chi connectivity index (χ0n) is 13.6. The van der Waals surface area contributed by atoms with Crippen molar-refractivity contribution < 1.29 is 17.6 Å². The maximum atomic E-state index is 14.3. The van der Waals surface area contributed by atoms with Crippen molar-refractivity contribution in [2.24, 2.45) is 0 Å². The molecule has 0 nitrogen and oxygen atoms in total. The van der Waals surface area contributed by atoms with E-state index in [0.717, 1.165) is 11.1 Å². The molecule has 0 radical (unpaired) electrons. The first-order chi connectivity index (χ1) is 12.6. The van der Waals surface area contributed by atoms with Crippen molar-refractivity contribution in [3.8, 4) is 0 Å². The Morgan fingerprint density at radius 1 is 0.423 bits per heavy atom. The van der Waals surface area contributed by atoms with E-state index in [1.165, 1.54) is 24.3 Å². The van der Waals surface area contributed by atoms with Gasteiger partial charge in [-0.3, -0.25) is 0 Å². The molecule has 0 atom stereocenters. The van der Waals surface area contributed by atoms with Gasteiger partial charge in [-0.15, -0.1) is 0 Å². The van der Waals surface area contributed by atoms with Crippen LogP contribution in [0.25, 0.3) is 24.3 Å². The van der Waals surface area contributed by atoms with Crippen LogP contribution < -0.4 is 0 Å². The second kappa shape index (κ2) is 7.83. The Hall–Kier alpha value is -3.14. The van der Waals surface area contributed by atoms with E-state index in [-0.39, 0.29) is 11.1 Å². The normalized spacial score (nSPS) is 11.5. The van der Waals surface area contributed by atoms with Gasteiger partial charge in [-0.1, -0.05) is 85.0 Å². The Kier molecular flexibility index (Phi) is 5.32. The molecule has 0 aliphatic carbocycles. The molecule has 0 amide bonds. The van der Waals surface area contributed by atoms with Gasteiger partial charge in [0.1, 0.15) is 0 Å².